The van der Waals surface area contributed by atoms with Crippen molar-refractivity contribution in [3.05, 3.63) is 65.7 Å². The summed E-state index contributed by atoms with van der Waals surface area (Å²) in [6, 6.07) is 15.5. The van der Waals surface area contributed by atoms with Crippen LogP contribution in [0.3, 0.4) is 0 Å². The molecule has 2 N–H and O–H groups in total. The van der Waals surface area contributed by atoms with Crippen LogP contribution in [0, 0.1) is 0 Å². The molecule has 0 radical (unpaired) electrons. The number of aromatic hydroxyl groups is 1. The molecule has 2 amide bonds. The third-order valence-electron chi connectivity index (χ3n) is 4.61. The number of likely N-dealkylation sites (tertiary alicyclic amines) is 1. The lowest BCUT2D eigenvalue weighted by Crippen LogP contribution is -2.46. The van der Waals surface area contributed by atoms with Gasteiger partial charge >= 0.3 is 0 Å². The first-order chi connectivity index (χ1) is 12.1. The van der Waals surface area contributed by atoms with Crippen molar-refractivity contribution in [3.63, 3.8) is 0 Å². The van der Waals surface area contributed by atoms with Gasteiger partial charge in [0.15, 0.2) is 0 Å². The molecule has 1 fully saturated rings. The Balaban J connectivity index is 1.72. The highest BCUT2D eigenvalue weighted by atomic mass is 16.3. The van der Waals surface area contributed by atoms with E-state index in [0.29, 0.717) is 13.0 Å². The van der Waals surface area contributed by atoms with E-state index in [1.807, 2.05) is 37.3 Å². The molecule has 1 aliphatic rings. The minimum atomic E-state index is -0.502. The summed E-state index contributed by atoms with van der Waals surface area (Å²) < 4.78 is 0. The quantitative estimate of drug-likeness (QED) is 0.900. The fourth-order valence-corrected chi connectivity index (χ4v) is 3.23. The second kappa shape index (κ2) is 7.38. The van der Waals surface area contributed by atoms with Gasteiger partial charge in [0.25, 0.3) is 5.91 Å². The average Bonchev–Trinajstić information content (AvgIpc) is 3.12. The van der Waals surface area contributed by atoms with Crippen LogP contribution in [0.25, 0.3) is 0 Å². The number of phenols is 1. The van der Waals surface area contributed by atoms with Crippen molar-refractivity contribution < 1.29 is 14.7 Å². The summed E-state index contributed by atoms with van der Waals surface area (Å²) in [5, 5.41) is 12.9. The van der Waals surface area contributed by atoms with Gasteiger partial charge in [-0.05, 0) is 37.5 Å². The fraction of sp³-hybridized carbons (Fsp3) is 0.300. The van der Waals surface area contributed by atoms with E-state index in [1.54, 1.807) is 23.1 Å². The molecule has 1 saturated heterocycles. The zero-order chi connectivity index (χ0) is 17.8. The van der Waals surface area contributed by atoms with Crippen molar-refractivity contribution in [3.8, 4) is 5.75 Å². The zero-order valence-corrected chi connectivity index (χ0v) is 14.2. The summed E-state index contributed by atoms with van der Waals surface area (Å²) in [6.45, 7) is 2.45. The zero-order valence-electron chi connectivity index (χ0n) is 14.2. The Labute approximate surface area is 147 Å². The molecule has 5 heteroatoms. The third-order valence-corrected chi connectivity index (χ3v) is 4.61. The Morgan fingerprint density at radius 3 is 2.52 bits per heavy atom. The van der Waals surface area contributed by atoms with Crippen LogP contribution in [0.5, 0.6) is 5.75 Å². The molecule has 1 aliphatic heterocycles. The second-order valence-corrected chi connectivity index (χ2v) is 6.31. The van der Waals surface area contributed by atoms with Crippen molar-refractivity contribution in [2.75, 3.05) is 6.54 Å². The van der Waals surface area contributed by atoms with Crippen LogP contribution in [0.2, 0.25) is 0 Å². The average molecular weight is 338 g/mol. The minimum absolute atomic E-state index is 0.0591. The first kappa shape index (κ1) is 17.0. The number of carbonyl (C=O) groups excluding carboxylic acids is 2. The number of rotatable bonds is 4. The van der Waals surface area contributed by atoms with Gasteiger partial charge in [0.1, 0.15) is 11.8 Å². The number of carbonyl (C=O) groups is 2. The molecule has 2 aromatic rings. The summed E-state index contributed by atoms with van der Waals surface area (Å²) in [7, 11) is 0. The van der Waals surface area contributed by atoms with E-state index in [0.717, 1.165) is 12.0 Å². The molecule has 0 unspecified atom stereocenters. The first-order valence-electron chi connectivity index (χ1n) is 8.52. The molecular weight excluding hydrogens is 316 g/mol. The highest BCUT2D eigenvalue weighted by Crippen LogP contribution is 2.25. The van der Waals surface area contributed by atoms with Crippen LogP contribution < -0.4 is 5.32 Å². The summed E-state index contributed by atoms with van der Waals surface area (Å²) in [5.41, 5.74) is 1.26. The largest absolute Gasteiger partial charge is 0.507 e. The number of phenolic OH excluding ortho intramolecular Hbond substituents is 1. The smallest absolute Gasteiger partial charge is 0.258 e. The number of hydrogen-bond acceptors (Lipinski definition) is 3. The van der Waals surface area contributed by atoms with Crippen molar-refractivity contribution in [1.29, 1.82) is 0 Å². The molecule has 2 atom stereocenters. The van der Waals surface area contributed by atoms with Gasteiger partial charge < -0.3 is 15.3 Å². The molecule has 0 saturated carbocycles. The van der Waals surface area contributed by atoms with E-state index in [9.17, 15) is 14.7 Å². The number of benzene rings is 2. The summed E-state index contributed by atoms with van der Waals surface area (Å²) >= 11 is 0. The van der Waals surface area contributed by atoms with Crippen LogP contribution in [-0.2, 0) is 4.79 Å². The number of para-hydroxylation sites is 1. The molecule has 25 heavy (non-hydrogen) atoms. The molecule has 2 aromatic carbocycles. The number of hydrogen-bond donors (Lipinski definition) is 2. The lowest BCUT2D eigenvalue weighted by atomic mass is 10.1. The van der Waals surface area contributed by atoms with Gasteiger partial charge in [0.2, 0.25) is 5.91 Å². The van der Waals surface area contributed by atoms with E-state index in [-0.39, 0.29) is 29.2 Å². The normalized spacial score (nSPS) is 18.0. The predicted molar refractivity (Wildman–Crippen MR) is 95.2 cm³/mol. The SMILES string of the molecule is C[C@@H](NC(=O)[C@H]1CCCN1C(=O)c1ccccc1O)c1ccccc1. The van der Waals surface area contributed by atoms with Crippen LogP contribution >= 0.6 is 0 Å². The van der Waals surface area contributed by atoms with E-state index >= 15 is 0 Å². The molecule has 0 spiro atoms. The monoisotopic (exact) mass is 338 g/mol. The maximum atomic E-state index is 12.7. The Morgan fingerprint density at radius 2 is 1.80 bits per heavy atom. The summed E-state index contributed by atoms with van der Waals surface area (Å²) in [4.78, 5) is 27.0. The van der Waals surface area contributed by atoms with Crippen molar-refractivity contribution >= 4 is 11.8 Å². The van der Waals surface area contributed by atoms with Gasteiger partial charge in [0.05, 0.1) is 11.6 Å². The maximum absolute atomic E-state index is 12.7. The van der Waals surface area contributed by atoms with Gasteiger partial charge in [-0.2, -0.15) is 0 Å². The molecule has 1 heterocycles. The Bertz CT molecular complexity index is 761. The Kier molecular flexibility index (Phi) is 5.03. The van der Waals surface area contributed by atoms with E-state index < -0.39 is 6.04 Å². The van der Waals surface area contributed by atoms with Gasteiger partial charge in [-0.25, -0.2) is 0 Å². The number of nitrogens with one attached hydrogen (secondary N) is 1. The van der Waals surface area contributed by atoms with Gasteiger partial charge in [-0.1, -0.05) is 42.5 Å². The maximum Gasteiger partial charge on any atom is 0.258 e. The highest BCUT2D eigenvalue weighted by Gasteiger charge is 2.35. The van der Waals surface area contributed by atoms with Crippen molar-refractivity contribution in [1.82, 2.24) is 10.2 Å². The first-order valence-corrected chi connectivity index (χ1v) is 8.52. The third kappa shape index (κ3) is 3.65. The standard InChI is InChI=1S/C20H22N2O3/c1-14(15-8-3-2-4-9-15)21-19(24)17-11-7-13-22(17)20(25)16-10-5-6-12-18(16)23/h2-6,8-10,12,14,17,23H,7,11,13H2,1H3,(H,21,24)/t14-,17-/m1/s1. The molecule has 0 aromatic heterocycles. The van der Waals surface area contributed by atoms with Crippen LogP contribution in [0.4, 0.5) is 0 Å². The van der Waals surface area contributed by atoms with Gasteiger partial charge in [0, 0.05) is 6.54 Å². The second-order valence-electron chi connectivity index (χ2n) is 6.31. The van der Waals surface area contributed by atoms with Crippen molar-refractivity contribution in [2.45, 2.75) is 31.8 Å². The van der Waals surface area contributed by atoms with Gasteiger partial charge in [-0.15, -0.1) is 0 Å². The van der Waals surface area contributed by atoms with E-state index in [1.165, 1.54) is 6.07 Å². The van der Waals surface area contributed by atoms with E-state index in [2.05, 4.69) is 5.32 Å². The molecule has 5 nitrogen and oxygen atoms in total. The predicted octanol–water partition coefficient (Wildman–Crippen LogP) is 2.87. The lowest BCUT2D eigenvalue weighted by Gasteiger charge is -2.26. The van der Waals surface area contributed by atoms with Gasteiger partial charge in [-0.3, -0.25) is 9.59 Å². The van der Waals surface area contributed by atoms with Crippen LogP contribution in [0.15, 0.2) is 54.6 Å². The van der Waals surface area contributed by atoms with Crippen LogP contribution in [-0.4, -0.2) is 34.4 Å². The summed E-state index contributed by atoms with van der Waals surface area (Å²) in [5.74, 6) is -0.517. The van der Waals surface area contributed by atoms with Crippen LogP contribution in [0.1, 0.15) is 41.7 Å². The number of amides is 2. The lowest BCUT2D eigenvalue weighted by molar-refractivity contribution is -0.125. The Morgan fingerprint density at radius 1 is 1.12 bits per heavy atom. The van der Waals surface area contributed by atoms with Crippen molar-refractivity contribution in [2.24, 2.45) is 0 Å². The molecule has 0 aliphatic carbocycles. The summed E-state index contributed by atoms with van der Waals surface area (Å²) in [6.07, 6.45) is 1.41. The molecule has 130 valence electrons. The topological polar surface area (TPSA) is 69.6 Å². The molecular formula is C20H22N2O3. The minimum Gasteiger partial charge on any atom is -0.507 e. The van der Waals surface area contributed by atoms with E-state index in [4.69, 9.17) is 0 Å². The molecule has 3 rings (SSSR count). The Hall–Kier alpha value is -2.82. The number of nitrogens with zero attached hydrogens (tertiary/aromatic N) is 1. The fourth-order valence-electron chi connectivity index (χ4n) is 3.23. The molecule has 0 bridgehead atoms. The highest BCUT2D eigenvalue weighted by molar-refractivity contribution is 5.99.